The number of nitrogens with two attached hydrogens (primary N) is 1. The molecule has 4 rings (SSSR count). The largest absolute Gasteiger partial charge is 0.398 e. The molecule has 2 N–H and O–H groups in total. The van der Waals surface area contributed by atoms with E-state index in [4.69, 9.17) is 5.73 Å². The second-order valence-corrected chi connectivity index (χ2v) is 14.2. The molecule has 0 aliphatic heterocycles. The predicted molar refractivity (Wildman–Crippen MR) is 230 cm³/mol. The van der Waals surface area contributed by atoms with E-state index >= 15 is 0 Å². The second-order valence-electron chi connectivity index (χ2n) is 12.9. The summed E-state index contributed by atoms with van der Waals surface area (Å²) in [6.45, 7) is 26.5. The fourth-order valence-electron chi connectivity index (χ4n) is 5.10. The molecule has 0 unspecified atom stereocenters. The fraction of sp³-hybridized carbons (Fsp3) is 0.447. The SMILES string of the molecule is C/C=C\c1ccc(C)cc1N.C=CC(C)(C)c1ccccc1CCCC1=CC(/C=C/CC)=CCC=C1.C=CCC.CC.CCC1(SC)CC1. The number of rotatable bonds is 12. The zero-order valence-electron chi connectivity index (χ0n) is 33.1. The van der Waals surface area contributed by atoms with E-state index in [2.05, 4.69) is 127 Å². The Morgan fingerprint density at radius 3 is 2.14 bits per heavy atom. The fourth-order valence-corrected chi connectivity index (χ4v) is 5.90. The molecule has 2 aromatic carbocycles. The van der Waals surface area contributed by atoms with Crippen molar-refractivity contribution in [3.05, 3.63) is 144 Å². The second kappa shape index (κ2) is 26.6. The molecular formula is C47H71NS. The average molecular weight is 682 g/mol. The van der Waals surface area contributed by atoms with E-state index in [1.807, 2.05) is 69.8 Å². The third-order valence-corrected chi connectivity index (χ3v) is 10.2. The number of thioether (sulfide) groups is 1. The Hall–Kier alpha value is -3.23. The van der Waals surface area contributed by atoms with Gasteiger partial charge in [-0.25, -0.2) is 0 Å². The average Bonchev–Trinajstić information content (AvgIpc) is 3.95. The van der Waals surface area contributed by atoms with Crippen LogP contribution in [-0.4, -0.2) is 11.0 Å². The number of hydrogen-bond acceptors (Lipinski definition) is 2. The molecule has 0 atom stereocenters. The van der Waals surface area contributed by atoms with Crippen LogP contribution in [0.4, 0.5) is 5.69 Å². The molecule has 49 heavy (non-hydrogen) atoms. The van der Waals surface area contributed by atoms with Gasteiger partial charge in [0.25, 0.3) is 0 Å². The Morgan fingerprint density at radius 2 is 1.63 bits per heavy atom. The molecule has 0 bridgehead atoms. The van der Waals surface area contributed by atoms with Crippen LogP contribution < -0.4 is 5.73 Å². The van der Waals surface area contributed by atoms with Gasteiger partial charge in [0.1, 0.15) is 0 Å². The van der Waals surface area contributed by atoms with Gasteiger partial charge >= 0.3 is 0 Å². The van der Waals surface area contributed by atoms with E-state index in [0.29, 0.717) is 0 Å². The molecule has 2 aromatic rings. The highest BCUT2D eigenvalue weighted by Crippen LogP contribution is 2.49. The zero-order chi connectivity index (χ0) is 37.1. The zero-order valence-corrected chi connectivity index (χ0v) is 33.9. The van der Waals surface area contributed by atoms with Gasteiger partial charge in [-0.1, -0.05) is 146 Å². The van der Waals surface area contributed by atoms with E-state index in [1.165, 1.54) is 53.5 Å². The Balaban J connectivity index is 0.000000781. The monoisotopic (exact) mass is 682 g/mol. The summed E-state index contributed by atoms with van der Waals surface area (Å²) in [7, 11) is 0. The Bertz CT molecular complexity index is 1350. The molecule has 0 heterocycles. The van der Waals surface area contributed by atoms with Gasteiger partial charge in [-0.05, 0) is 117 Å². The van der Waals surface area contributed by atoms with Crippen molar-refractivity contribution in [1.82, 2.24) is 0 Å². The van der Waals surface area contributed by atoms with Crippen LogP contribution in [0.25, 0.3) is 6.08 Å². The summed E-state index contributed by atoms with van der Waals surface area (Å²) < 4.78 is 0.750. The first-order valence-corrected chi connectivity index (χ1v) is 19.9. The third kappa shape index (κ3) is 18.9. The third-order valence-electron chi connectivity index (χ3n) is 8.62. The van der Waals surface area contributed by atoms with Gasteiger partial charge in [-0.2, -0.15) is 11.8 Å². The van der Waals surface area contributed by atoms with Gasteiger partial charge in [0.05, 0.1) is 0 Å². The summed E-state index contributed by atoms with van der Waals surface area (Å²) in [4.78, 5) is 0. The molecule has 0 aromatic heterocycles. The van der Waals surface area contributed by atoms with Gasteiger partial charge < -0.3 is 5.73 Å². The molecule has 1 fully saturated rings. The first kappa shape index (κ1) is 45.8. The lowest BCUT2D eigenvalue weighted by molar-refractivity contribution is 0.655. The number of anilines is 1. The topological polar surface area (TPSA) is 26.0 Å². The quantitative estimate of drug-likeness (QED) is 0.178. The molecular weight excluding hydrogens is 611 g/mol. The van der Waals surface area contributed by atoms with E-state index in [-0.39, 0.29) is 5.41 Å². The minimum atomic E-state index is 0.0267. The number of nitrogen functional groups attached to an aromatic ring is 1. The summed E-state index contributed by atoms with van der Waals surface area (Å²) >= 11 is 2.04. The Morgan fingerprint density at radius 1 is 0.959 bits per heavy atom. The number of allylic oxidation sites excluding steroid dienone is 11. The molecule has 2 aliphatic rings. The number of hydrogen-bond donors (Lipinski definition) is 1. The van der Waals surface area contributed by atoms with Gasteiger partial charge in [-0.15, -0.1) is 13.2 Å². The van der Waals surface area contributed by atoms with Crippen LogP contribution in [0.5, 0.6) is 0 Å². The normalized spacial score (nSPS) is 14.2. The predicted octanol–water partition coefficient (Wildman–Crippen LogP) is 14.8. The van der Waals surface area contributed by atoms with Crippen molar-refractivity contribution < 1.29 is 0 Å². The van der Waals surface area contributed by atoms with Crippen molar-refractivity contribution in [1.29, 1.82) is 0 Å². The van der Waals surface area contributed by atoms with Gasteiger partial charge in [0, 0.05) is 15.8 Å². The molecule has 1 saturated carbocycles. The van der Waals surface area contributed by atoms with Crippen LogP contribution in [0.1, 0.15) is 129 Å². The van der Waals surface area contributed by atoms with E-state index in [9.17, 15) is 0 Å². The summed E-state index contributed by atoms with van der Waals surface area (Å²) in [5.41, 5.74) is 14.6. The van der Waals surface area contributed by atoms with Gasteiger partial charge in [-0.3, -0.25) is 0 Å². The van der Waals surface area contributed by atoms with E-state index in [1.54, 1.807) is 0 Å². The first-order chi connectivity index (χ1) is 23.5. The first-order valence-electron chi connectivity index (χ1n) is 18.7. The van der Waals surface area contributed by atoms with Crippen molar-refractivity contribution in [2.75, 3.05) is 12.0 Å². The molecule has 1 nitrogen and oxygen atoms in total. The van der Waals surface area contributed by atoms with Crippen LogP contribution in [0.3, 0.4) is 0 Å². The smallest absolute Gasteiger partial charge is 0.0390 e. The lowest BCUT2D eigenvalue weighted by atomic mass is 9.81. The molecule has 2 aliphatic carbocycles. The van der Waals surface area contributed by atoms with E-state index in [0.717, 1.165) is 48.1 Å². The van der Waals surface area contributed by atoms with Crippen molar-refractivity contribution >= 4 is 23.5 Å². The number of benzene rings is 2. The van der Waals surface area contributed by atoms with Crippen molar-refractivity contribution in [3.63, 3.8) is 0 Å². The summed E-state index contributed by atoms with van der Waals surface area (Å²) in [6.07, 6.45) is 34.7. The standard InChI is InChI=1S/C25H32.C10H13N.C6H12S.C4H8.C2H6/c1-5-7-13-21-14-8-9-15-22(20-21)16-12-18-23-17-10-11-19-24(23)25(3,4)6-2;1-3-4-9-6-5-8(2)7-10(9)11;1-3-6(7-2)4-5-6;1-3-4-2;1-2/h6-7,9-11,13-15,17,19-20H,2,5,8,12,16,18H2,1,3-4H3;3-7H,11H2,1-2H3;3-5H2,1-2H3;3H,1,4H2,2H3;1-2H3/b13-7+;4-3-;;;. The van der Waals surface area contributed by atoms with Crippen LogP contribution in [0.15, 0.2) is 121 Å². The number of aryl methyl sites for hydroxylation is 2. The molecule has 0 amide bonds. The molecule has 0 saturated heterocycles. The van der Waals surface area contributed by atoms with Gasteiger partial charge in [0.2, 0.25) is 0 Å². The van der Waals surface area contributed by atoms with E-state index < -0.39 is 0 Å². The Kier molecular flexibility index (Phi) is 24.9. The molecule has 0 radical (unpaired) electrons. The molecule has 2 heteroatoms. The summed E-state index contributed by atoms with van der Waals surface area (Å²) in [5, 5.41) is 0. The van der Waals surface area contributed by atoms with Crippen LogP contribution in [0, 0.1) is 6.92 Å². The summed E-state index contributed by atoms with van der Waals surface area (Å²) in [5.74, 6) is 0. The minimum Gasteiger partial charge on any atom is -0.398 e. The van der Waals surface area contributed by atoms with Crippen molar-refractivity contribution in [2.24, 2.45) is 0 Å². The highest BCUT2D eigenvalue weighted by atomic mass is 32.2. The maximum atomic E-state index is 5.76. The lowest BCUT2D eigenvalue weighted by Crippen LogP contribution is -2.15. The van der Waals surface area contributed by atoms with Crippen molar-refractivity contribution in [2.45, 2.75) is 130 Å². The highest BCUT2D eigenvalue weighted by Gasteiger charge is 2.39. The van der Waals surface area contributed by atoms with Crippen molar-refractivity contribution in [3.8, 4) is 0 Å². The van der Waals surface area contributed by atoms with Crippen LogP contribution in [0.2, 0.25) is 0 Å². The molecule has 270 valence electrons. The lowest BCUT2D eigenvalue weighted by Gasteiger charge is -2.24. The van der Waals surface area contributed by atoms with Crippen LogP contribution >= 0.6 is 11.8 Å². The maximum Gasteiger partial charge on any atom is 0.0390 e. The summed E-state index contributed by atoms with van der Waals surface area (Å²) in [6, 6.07) is 14.9. The maximum absolute atomic E-state index is 5.76. The minimum absolute atomic E-state index is 0.0267. The Labute approximate surface area is 308 Å². The highest BCUT2D eigenvalue weighted by molar-refractivity contribution is 8.00. The van der Waals surface area contributed by atoms with Gasteiger partial charge in [0.15, 0.2) is 0 Å². The molecule has 0 spiro atoms. The van der Waals surface area contributed by atoms with Crippen LogP contribution in [-0.2, 0) is 11.8 Å².